The van der Waals surface area contributed by atoms with Crippen LogP contribution in [0.3, 0.4) is 0 Å². The topological polar surface area (TPSA) is 0 Å². The molecule has 3 atom stereocenters. The molecule has 0 aromatic carbocycles. The van der Waals surface area contributed by atoms with Crippen molar-refractivity contribution >= 4 is 54.9 Å². The summed E-state index contributed by atoms with van der Waals surface area (Å²) in [5, 5.41) is 0. The Hall–Kier alpha value is 1.83. The van der Waals surface area contributed by atoms with Crippen molar-refractivity contribution in [2.24, 2.45) is 0 Å². The smallest absolute Gasteiger partial charge is 0.0358 e. The molecule has 0 bridgehead atoms. The van der Waals surface area contributed by atoms with Crippen LogP contribution in [-0.4, -0.2) is 21.5 Å². The maximum Gasteiger partial charge on any atom is 0.0358 e. The van der Waals surface area contributed by atoms with Crippen LogP contribution in [0.4, 0.5) is 0 Å². The molecule has 0 saturated carbocycles. The fourth-order valence-corrected chi connectivity index (χ4v) is 16.2. The summed E-state index contributed by atoms with van der Waals surface area (Å²) in [4.78, 5) is 0.602. The molecule has 0 spiro atoms. The molecule has 0 saturated heterocycles. The molecule has 0 nitrogen and oxygen atoms in total. The lowest BCUT2D eigenvalue weighted by atomic mass is 10.3. The van der Waals surface area contributed by atoms with Crippen LogP contribution >= 0.6 is 43.1 Å². The second-order valence-electron chi connectivity index (χ2n) is 4.84. The second kappa shape index (κ2) is 6.68. The zero-order valence-corrected chi connectivity index (χ0v) is 15.4. The first-order valence-electron chi connectivity index (χ1n) is 5.35. The normalized spacial score (nSPS) is 21.9. The lowest BCUT2D eigenvalue weighted by molar-refractivity contribution is 0.794. The van der Waals surface area contributed by atoms with Gasteiger partial charge in [0.15, 0.2) is 0 Å². The van der Waals surface area contributed by atoms with Crippen molar-refractivity contribution < 1.29 is 0 Å². The minimum Gasteiger partial charge on any atom is -0.212 e. The molecule has 0 heterocycles. The van der Waals surface area contributed by atoms with E-state index in [1.807, 2.05) is 0 Å². The molecule has 0 fully saturated rings. The van der Waals surface area contributed by atoms with Gasteiger partial charge in [0.1, 0.15) is 0 Å². The molecule has 0 amide bonds. The van der Waals surface area contributed by atoms with Crippen molar-refractivity contribution in [1.29, 1.82) is 0 Å². The lowest BCUT2D eigenvalue weighted by Crippen LogP contribution is -2.17. The molecular weight excluding hydrogens is 327 g/mol. The summed E-state index contributed by atoms with van der Waals surface area (Å²) in [5.74, 6) is 1.26. The maximum absolute atomic E-state index is 5.75. The molecule has 0 radical (unpaired) electrons. The highest BCUT2D eigenvalue weighted by molar-refractivity contribution is 9.09. The average Bonchev–Trinajstić information content (AvgIpc) is 2.01. The summed E-state index contributed by atoms with van der Waals surface area (Å²) in [7, 11) is -0.117. The zero-order valence-electron chi connectivity index (χ0n) is 10.3. The highest BCUT2D eigenvalue weighted by Crippen LogP contribution is 2.77. The number of alkyl halides is 1. The summed E-state index contributed by atoms with van der Waals surface area (Å²) < 4.78 is -1.04. The predicted molar refractivity (Wildman–Crippen MR) is 90.4 cm³/mol. The first-order chi connectivity index (χ1) is 6.61. The van der Waals surface area contributed by atoms with Gasteiger partial charge in [-0.05, 0) is 23.1 Å². The number of thiol groups is 2. The van der Waals surface area contributed by atoms with Crippen molar-refractivity contribution in [3.05, 3.63) is 0 Å². The molecular formula is C10H24BrPS3. The average molecular weight is 351 g/mol. The van der Waals surface area contributed by atoms with Gasteiger partial charge in [0.25, 0.3) is 0 Å². The monoisotopic (exact) mass is 350 g/mol. The molecule has 5 heteroatoms. The summed E-state index contributed by atoms with van der Waals surface area (Å²) >= 11 is 14.2. The molecule has 0 aliphatic carbocycles. The van der Waals surface area contributed by atoms with Crippen LogP contribution in [0.1, 0.15) is 41.0 Å². The van der Waals surface area contributed by atoms with E-state index in [1.165, 1.54) is 12.2 Å². The Morgan fingerprint density at radius 2 is 1.93 bits per heavy atom. The van der Waals surface area contributed by atoms with Crippen LogP contribution in [0.15, 0.2) is 0 Å². The molecule has 0 aromatic heterocycles. The van der Waals surface area contributed by atoms with E-state index in [0.29, 0.717) is 9.57 Å². The van der Waals surface area contributed by atoms with Crippen LogP contribution < -0.4 is 0 Å². The van der Waals surface area contributed by atoms with Gasteiger partial charge in [-0.3, -0.25) is 0 Å². The predicted octanol–water partition coefficient (Wildman–Crippen LogP) is 5.22. The molecule has 0 N–H and O–H groups in total. The van der Waals surface area contributed by atoms with Gasteiger partial charge in [0.2, 0.25) is 0 Å². The maximum atomic E-state index is 5.75. The second-order valence-corrected chi connectivity index (χ2v) is 20.9. The van der Waals surface area contributed by atoms with Crippen molar-refractivity contribution in [2.45, 2.75) is 50.6 Å². The molecule has 3 unspecified atom stereocenters. The van der Waals surface area contributed by atoms with Gasteiger partial charge < -0.3 is 0 Å². The van der Waals surface area contributed by atoms with E-state index in [4.69, 9.17) is 24.1 Å². The number of rotatable bonds is 5. The van der Waals surface area contributed by atoms with Gasteiger partial charge in [0.05, 0.1) is 0 Å². The summed E-state index contributed by atoms with van der Waals surface area (Å²) in [6.45, 7) is 11.4. The Bertz CT molecular complexity index is 235. The van der Waals surface area contributed by atoms with Crippen molar-refractivity contribution in [1.82, 2.24) is 0 Å². The standard InChI is InChI=1S/C10H24BrPS3/c1-6-12(13,14)15(10(3,4)5)8-7-9(2)11/h9,15H,6-8H2,1-5H3,(H,13,14). The van der Waals surface area contributed by atoms with E-state index in [-0.39, 0.29) is 10.5 Å². The third-order valence-electron chi connectivity index (χ3n) is 2.30. The van der Waals surface area contributed by atoms with Crippen molar-refractivity contribution in [2.75, 3.05) is 11.9 Å². The zero-order chi connectivity index (χ0) is 12.3. The van der Waals surface area contributed by atoms with Crippen LogP contribution in [0, 0.1) is 0 Å². The van der Waals surface area contributed by atoms with E-state index in [9.17, 15) is 0 Å². The number of halogens is 1. The van der Waals surface area contributed by atoms with Crippen LogP contribution in [-0.2, 0) is 11.8 Å². The first-order valence-corrected chi connectivity index (χ1v) is 12.6. The van der Waals surface area contributed by atoms with Crippen molar-refractivity contribution in [3.63, 3.8) is 0 Å². The van der Waals surface area contributed by atoms with E-state index in [2.05, 4.69) is 50.5 Å². The Labute approximate surface area is 117 Å². The highest BCUT2D eigenvalue weighted by Gasteiger charge is 2.29. The molecule has 0 aliphatic heterocycles. The number of hydrogen-bond acceptors (Lipinski definition) is 1. The fraction of sp³-hybridized carbons (Fsp3) is 1.00. The Balaban J connectivity index is 4.69. The largest absolute Gasteiger partial charge is 0.212 e. The number of hydrogen-bond donors (Lipinski definition) is 2. The van der Waals surface area contributed by atoms with E-state index in [1.54, 1.807) is 0 Å². The minimum atomic E-state index is -1.39. The van der Waals surface area contributed by atoms with Gasteiger partial charge in [-0.2, -0.15) is 0 Å². The molecule has 94 valence electrons. The van der Waals surface area contributed by atoms with E-state index in [0.717, 1.165) is 6.16 Å². The van der Waals surface area contributed by atoms with Crippen LogP contribution in [0.5, 0.6) is 0 Å². The quantitative estimate of drug-likeness (QED) is 0.389. The highest BCUT2D eigenvalue weighted by atomic mass is 79.9. The van der Waals surface area contributed by atoms with Gasteiger partial charge in [-0.15, -0.1) is 12.2 Å². The minimum absolute atomic E-state index is 0.117. The first kappa shape index (κ1) is 16.8. The van der Waals surface area contributed by atoms with Gasteiger partial charge in [0, 0.05) is 9.27 Å². The SMILES string of the molecule is CCP(=S)(S)[SH](CCC(C)Br)C(C)(C)C. The molecule has 0 aromatic rings. The summed E-state index contributed by atoms with van der Waals surface area (Å²) in [5.41, 5.74) is 0. The van der Waals surface area contributed by atoms with Crippen LogP contribution in [0.25, 0.3) is 0 Å². The fourth-order valence-electron chi connectivity index (χ4n) is 1.43. The molecule has 15 heavy (non-hydrogen) atoms. The van der Waals surface area contributed by atoms with Crippen LogP contribution in [0.2, 0.25) is 0 Å². The third-order valence-corrected chi connectivity index (χ3v) is 17.4. The van der Waals surface area contributed by atoms with E-state index < -0.39 is 4.44 Å². The van der Waals surface area contributed by atoms with E-state index >= 15 is 0 Å². The Kier molecular flexibility index (Phi) is 7.49. The van der Waals surface area contributed by atoms with Crippen molar-refractivity contribution in [3.8, 4) is 0 Å². The Morgan fingerprint density at radius 3 is 2.20 bits per heavy atom. The third kappa shape index (κ3) is 6.35. The summed E-state index contributed by atoms with van der Waals surface area (Å²) in [6, 6.07) is 0. The summed E-state index contributed by atoms with van der Waals surface area (Å²) in [6.07, 6.45) is 2.31. The van der Waals surface area contributed by atoms with Gasteiger partial charge >= 0.3 is 0 Å². The Morgan fingerprint density at radius 1 is 1.47 bits per heavy atom. The lowest BCUT2D eigenvalue weighted by Gasteiger charge is -2.41. The van der Waals surface area contributed by atoms with Gasteiger partial charge in [-0.25, -0.2) is 10.5 Å². The van der Waals surface area contributed by atoms with Gasteiger partial charge in [-0.1, -0.05) is 62.4 Å². The molecule has 0 rings (SSSR count). The molecule has 0 aliphatic rings.